The summed E-state index contributed by atoms with van der Waals surface area (Å²) < 4.78 is 16.3. The zero-order valence-corrected chi connectivity index (χ0v) is 11.8. The molecule has 0 aliphatic rings. The lowest BCUT2D eigenvalue weighted by molar-refractivity contribution is 0.268. The predicted octanol–water partition coefficient (Wildman–Crippen LogP) is 1.03. The monoisotopic (exact) mass is 259 g/mol. The van der Waals surface area contributed by atoms with Crippen molar-refractivity contribution in [2.24, 2.45) is 7.05 Å². The summed E-state index contributed by atoms with van der Waals surface area (Å²) in [6.07, 6.45) is 1.70. The molecule has 0 spiro atoms. The maximum atomic E-state index is 12.0. The molecule has 0 bridgehead atoms. The van der Waals surface area contributed by atoms with Crippen molar-refractivity contribution in [3.8, 4) is 0 Å². The molecule has 1 unspecified atom stereocenters. The zero-order valence-electron chi connectivity index (χ0n) is 11.0. The van der Waals surface area contributed by atoms with Crippen molar-refractivity contribution in [2.45, 2.75) is 45.1 Å². The van der Waals surface area contributed by atoms with Gasteiger partial charge in [0.05, 0.1) is 24.5 Å². The Balaban J connectivity index is 2.80. The molecule has 1 aromatic rings. The Morgan fingerprint density at radius 3 is 2.65 bits per heavy atom. The van der Waals surface area contributed by atoms with Gasteiger partial charge in [-0.25, -0.2) is 0 Å². The Morgan fingerprint density at radius 1 is 1.59 bits per heavy atom. The minimum Gasteiger partial charge on any atom is -0.598 e. The van der Waals surface area contributed by atoms with Crippen LogP contribution in [0.25, 0.3) is 0 Å². The second kappa shape index (κ2) is 5.39. The minimum absolute atomic E-state index is 0.0694. The summed E-state index contributed by atoms with van der Waals surface area (Å²) in [5.41, 5.74) is 1.63. The van der Waals surface area contributed by atoms with Gasteiger partial charge in [0.15, 0.2) is 0 Å². The molecule has 0 aliphatic heterocycles. The second-order valence-electron chi connectivity index (χ2n) is 5.05. The second-order valence-corrected chi connectivity index (χ2v) is 7.05. The van der Waals surface area contributed by atoms with Crippen molar-refractivity contribution >= 4 is 11.4 Å². The van der Waals surface area contributed by atoms with Crippen LogP contribution in [0.1, 0.15) is 45.0 Å². The van der Waals surface area contributed by atoms with E-state index in [0.717, 1.165) is 11.3 Å². The number of aliphatic hydroxyl groups excluding tert-OH is 1. The SMILES string of the molecule is C[C@@H](N[S+]([O-])C(C)(C)C)c1cnn(C)c1CO. The highest BCUT2D eigenvalue weighted by Gasteiger charge is 2.29. The van der Waals surface area contributed by atoms with E-state index in [9.17, 15) is 9.66 Å². The van der Waals surface area contributed by atoms with Crippen LogP contribution in [0.2, 0.25) is 0 Å². The van der Waals surface area contributed by atoms with Crippen molar-refractivity contribution in [1.82, 2.24) is 14.5 Å². The van der Waals surface area contributed by atoms with Crippen LogP contribution < -0.4 is 4.72 Å². The fraction of sp³-hybridized carbons (Fsp3) is 0.727. The van der Waals surface area contributed by atoms with Crippen LogP contribution in [0.3, 0.4) is 0 Å². The van der Waals surface area contributed by atoms with E-state index < -0.39 is 11.4 Å². The third-order valence-electron chi connectivity index (χ3n) is 2.55. The van der Waals surface area contributed by atoms with Gasteiger partial charge in [0.1, 0.15) is 4.75 Å². The van der Waals surface area contributed by atoms with Crippen molar-refractivity contribution in [1.29, 1.82) is 0 Å². The average Bonchev–Trinajstić information content (AvgIpc) is 2.57. The fourth-order valence-corrected chi connectivity index (χ4v) is 2.24. The van der Waals surface area contributed by atoms with Gasteiger partial charge >= 0.3 is 0 Å². The summed E-state index contributed by atoms with van der Waals surface area (Å²) >= 11 is -1.14. The van der Waals surface area contributed by atoms with E-state index in [1.54, 1.807) is 17.9 Å². The quantitative estimate of drug-likeness (QED) is 0.792. The number of hydrogen-bond acceptors (Lipinski definition) is 4. The summed E-state index contributed by atoms with van der Waals surface area (Å²) in [5.74, 6) is 0. The number of nitrogens with one attached hydrogen (secondary N) is 1. The molecule has 0 fully saturated rings. The third-order valence-corrected chi connectivity index (χ3v) is 4.23. The molecule has 5 nitrogen and oxygen atoms in total. The topological polar surface area (TPSA) is 73.1 Å². The number of hydrogen-bond donors (Lipinski definition) is 2. The summed E-state index contributed by atoms with van der Waals surface area (Å²) in [5, 5.41) is 13.4. The maximum Gasteiger partial charge on any atom is 0.136 e. The van der Waals surface area contributed by atoms with Crippen LogP contribution in [0.4, 0.5) is 0 Å². The fourth-order valence-electron chi connectivity index (χ4n) is 1.44. The highest BCUT2D eigenvalue weighted by Crippen LogP contribution is 2.21. The van der Waals surface area contributed by atoms with Crippen molar-refractivity contribution in [3.63, 3.8) is 0 Å². The van der Waals surface area contributed by atoms with E-state index in [-0.39, 0.29) is 17.4 Å². The number of aliphatic hydroxyl groups is 1. The molecule has 2 atom stereocenters. The molecular weight excluding hydrogens is 238 g/mol. The normalized spacial score (nSPS) is 15.9. The molecule has 98 valence electrons. The Kier molecular flexibility index (Phi) is 4.60. The summed E-state index contributed by atoms with van der Waals surface area (Å²) in [6, 6.07) is -0.106. The van der Waals surface area contributed by atoms with E-state index in [0.29, 0.717) is 0 Å². The van der Waals surface area contributed by atoms with Gasteiger partial charge in [-0.05, 0) is 27.7 Å². The van der Waals surface area contributed by atoms with Gasteiger partial charge in [0, 0.05) is 24.0 Å². The molecule has 0 aliphatic carbocycles. The lowest BCUT2D eigenvalue weighted by Gasteiger charge is -2.26. The van der Waals surface area contributed by atoms with Gasteiger partial charge in [0.25, 0.3) is 0 Å². The molecule has 0 aromatic carbocycles. The van der Waals surface area contributed by atoms with Gasteiger partial charge in [0.2, 0.25) is 0 Å². The zero-order chi connectivity index (χ0) is 13.2. The van der Waals surface area contributed by atoms with Crippen LogP contribution >= 0.6 is 0 Å². The lowest BCUT2D eigenvalue weighted by atomic mass is 10.1. The third kappa shape index (κ3) is 3.45. The summed E-state index contributed by atoms with van der Waals surface area (Å²) in [6.45, 7) is 7.59. The molecule has 17 heavy (non-hydrogen) atoms. The highest BCUT2D eigenvalue weighted by molar-refractivity contribution is 7.90. The van der Waals surface area contributed by atoms with Crippen LogP contribution in [0.15, 0.2) is 6.20 Å². The molecular formula is C11H21N3O2S. The highest BCUT2D eigenvalue weighted by atomic mass is 32.2. The molecule has 6 heteroatoms. The Bertz CT molecular complexity index is 373. The molecule has 1 rings (SSSR count). The Morgan fingerprint density at radius 2 is 2.18 bits per heavy atom. The maximum absolute atomic E-state index is 12.0. The van der Waals surface area contributed by atoms with Gasteiger partial charge in [-0.2, -0.15) is 5.10 Å². The Hall–Kier alpha value is -0.560. The minimum atomic E-state index is -1.14. The molecule has 1 heterocycles. The van der Waals surface area contributed by atoms with Gasteiger partial charge in [-0.1, -0.05) is 0 Å². The first-order valence-electron chi connectivity index (χ1n) is 5.57. The van der Waals surface area contributed by atoms with E-state index in [1.165, 1.54) is 0 Å². The van der Waals surface area contributed by atoms with E-state index in [4.69, 9.17) is 0 Å². The first kappa shape index (κ1) is 14.5. The van der Waals surface area contributed by atoms with Gasteiger partial charge < -0.3 is 9.66 Å². The van der Waals surface area contributed by atoms with Crippen LogP contribution in [-0.4, -0.2) is 24.2 Å². The first-order valence-corrected chi connectivity index (χ1v) is 6.72. The summed E-state index contributed by atoms with van der Waals surface area (Å²) in [7, 11) is 1.78. The van der Waals surface area contributed by atoms with Crippen molar-refractivity contribution in [3.05, 3.63) is 17.5 Å². The molecule has 0 amide bonds. The standard InChI is InChI=1S/C11H21N3O2S/c1-8(13-17(16)11(2,3)4)9-6-12-14(5)10(9)7-15/h6,8,13,15H,7H2,1-5H3/t8-,17?/m1/s1. The van der Waals surface area contributed by atoms with E-state index >= 15 is 0 Å². The van der Waals surface area contributed by atoms with E-state index in [1.807, 2.05) is 27.7 Å². The Labute approximate surface area is 106 Å². The number of aromatic nitrogens is 2. The number of aryl methyl sites for hydroxylation is 1. The van der Waals surface area contributed by atoms with Crippen molar-refractivity contribution in [2.75, 3.05) is 0 Å². The molecule has 2 N–H and O–H groups in total. The number of rotatable bonds is 4. The van der Waals surface area contributed by atoms with Crippen molar-refractivity contribution < 1.29 is 9.66 Å². The largest absolute Gasteiger partial charge is 0.598 e. The molecule has 1 aromatic heterocycles. The van der Waals surface area contributed by atoms with E-state index in [2.05, 4.69) is 9.82 Å². The summed E-state index contributed by atoms with van der Waals surface area (Å²) in [4.78, 5) is 0. The average molecular weight is 259 g/mol. The predicted molar refractivity (Wildman–Crippen MR) is 68.6 cm³/mol. The smallest absolute Gasteiger partial charge is 0.136 e. The van der Waals surface area contributed by atoms with Crippen LogP contribution in [0, 0.1) is 0 Å². The molecule has 0 radical (unpaired) electrons. The number of nitrogens with zero attached hydrogens (tertiary/aromatic N) is 2. The van der Waals surface area contributed by atoms with Gasteiger partial charge in [-0.3, -0.25) is 4.68 Å². The van der Waals surface area contributed by atoms with Gasteiger partial charge in [-0.15, -0.1) is 4.72 Å². The van der Waals surface area contributed by atoms with Crippen LogP contribution in [0.5, 0.6) is 0 Å². The lowest BCUT2D eigenvalue weighted by Crippen LogP contribution is -2.40. The molecule has 0 saturated heterocycles. The van der Waals surface area contributed by atoms with Crippen LogP contribution in [-0.2, 0) is 25.0 Å². The first-order chi connectivity index (χ1) is 7.77. The molecule has 0 saturated carbocycles.